The molecule has 0 unspecified atom stereocenters. The highest BCUT2D eigenvalue weighted by atomic mass is 32.2. The van der Waals surface area contributed by atoms with Crippen LogP contribution in [-0.4, -0.2) is 22.3 Å². The summed E-state index contributed by atoms with van der Waals surface area (Å²) < 4.78 is 0. The van der Waals surface area contributed by atoms with Crippen molar-refractivity contribution in [1.82, 2.24) is 15.3 Å². The standard InChI is InChI=1S/C17H21N3S/c1-3-15-14-9-10-18-11-16(14)20-17(19-15)12-5-7-13(8-6-12)21-4-2/h5-8,18H,3-4,9-11H2,1-2H3. The molecule has 0 saturated carbocycles. The molecular weight excluding hydrogens is 278 g/mol. The predicted octanol–water partition coefficient (Wildman–Crippen LogP) is 3.46. The molecule has 1 N–H and O–H groups in total. The van der Waals surface area contributed by atoms with Crippen LogP contribution in [0.4, 0.5) is 0 Å². The zero-order chi connectivity index (χ0) is 14.7. The Morgan fingerprint density at radius 1 is 1.14 bits per heavy atom. The molecule has 0 spiro atoms. The molecule has 110 valence electrons. The quantitative estimate of drug-likeness (QED) is 0.877. The Morgan fingerprint density at radius 2 is 1.95 bits per heavy atom. The summed E-state index contributed by atoms with van der Waals surface area (Å²) in [5, 5.41) is 3.40. The largest absolute Gasteiger partial charge is 0.311 e. The maximum Gasteiger partial charge on any atom is 0.159 e. The molecule has 1 aromatic carbocycles. The third-order valence-corrected chi connectivity index (χ3v) is 4.68. The van der Waals surface area contributed by atoms with Gasteiger partial charge in [-0.2, -0.15) is 0 Å². The van der Waals surface area contributed by atoms with Crippen molar-refractivity contribution in [2.24, 2.45) is 0 Å². The van der Waals surface area contributed by atoms with Crippen molar-refractivity contribution >= 4 is 11.8 Å². The summed E-state index contributed by atoms with van der Waals surface area (Å²) in [5.41, 5.74) is 4.86. The minimum Gasteiger partial charge on any atom is -0.311 e. The van der Waals surface area contributed by atoms with Gasteiger partial charge in [0.15, 0.2) is 5.82 Å². The Balaban J connectivity index is 1.98. The van der Waals surface area contributed by atoms with Gasteiger partial charge in [0, 0.05) is 22.7 Å². The number of benzene rings is 1. The van der Waals surface area contributed by atoms with Crippen LogP contribution < -0.4 is 5.32 Å². The fraction of sp³-hybridized carbons (Fsp3) is 0.412. The van der Waals surface area contributed by atoms with Crippen molar-refractivity contribution in [2.75, 3.05) is 12.3 Å². The number of thioether (sulfide) groups is 1. The van der Waals surface area contributed by atoms with Gasteiger partial charge in [-0.05, 0) is 42.8 Å². The lowest BCUT2D eigenvalue weighted by atomic mass is 10.0. The molecule has 3 nitrogen and oxygen atoms in total. The normalized spacial score (nSPS) is 14.0. The van der Waals surface area contributed by atoms with Gasteiger partial charge in [-0.3, -0.25) is 0 Å². The molecule has 2 aromatic rings. The summed E-state index contributed by atoms with van der Waals surface area (Å²) in [6.45, 7) is 6.24. The highest BCUT2D eigenvalue weighted by molar-refractivity contribution is 7.99. The first kappa shape index (κ1) is 14.5. The topological polar surface area (TPSA) is 37.8 Å². The zero-order valence-corrected chi connectivity index (χ0v) is 13.5. The van der Waals surface area contributed by atoms with Crippen LogP contribution in [0.15, 0.2) is 29.2 Å². The first-order valence-corrected chi connectivity index (χ1v) is 8.63. The van der Waals surface area contributed by atoms with E-state index >= 15 is 0 Å². The molecule has 0 amide bonds. The van der Waals surface area contributed by atoms with Gasteiger partial charge in [-0.15, -0.1) is 11.8 Å². The summed E-state index contributed by atoms with van der Waals surface area (Å²) >= 11 is 1.86. The fourth-order valence-electron chi connectivity index (χ4n) is 2.73. The number of aryl methyl sites for hydroxylation is 1. The minimum atomic E-state index is 0.863. The Labute approximate surface area is 130 Å². The lowest BCUT2D eigenvalue weighted by Crippen LogP contribution is -2.26. The number of fused-ring (bicyclic) bond motifs is 1. The van der Waals surface area contributed by atoms with Crippen LogP contribution >= 0.6 is 11.8 Å². The zero-order valence-electron chi connectivity index (χ0n) is 12.6. The highest BCUT2D eigenvalue weighted by Gasteiger charge is 2.17. The number of nitrogens with one attached hydrogen (secondary N) is 1. The van der Waals surface area contributed by atoms with Crippen LogP contribution in [0.5, 0.6) is 0 Å². The van der Waals surface area contributed by atoms with Crippen LogP contribution in [0.2, 0.25) is 0 Å². The van der Waals surface area contributed by atoms with E-state index in [2.05, 4.69) is 43.4 Å². The van der Waals surface area contributed by atoms with Crippen LogP contribution in [-0.2, 0) is 19.4 Å². The number of hydrogen-bond donors (Lipinski definition) is 1. The number of hydrogen-bond acceptors (Lipinski definition) is 4. The van der Waals surface area contributed by atoms with E-state index in [0.29, 0.717) is 0 Å². The van der Waals surface area contributed by atoms with Crippen LogP contribution in [0.25, 0.3) is 11.4 Å². The number of rotatable bonds is 4. The molecule has 1 aliphatic rings. The van der Waals surface area contributed by atoms with Crippen molar-refractivity contribution in [3.05, 3.63) is 41.2 Å². The average Bonchev–Trinajstić information content (AvgIpc) is 2.55. The lowest BCUT2D eigenvalue weighted by molar-refractivity contribution is 0.617. The molecule has 0 radical (unpaired) electrons. The minimum absolute atomic E-state index is 0.863. The van der Waals surface area contributed by atoms with Gasteiger partial charge in [0.1, 0.15) is 0 Å². The fourth-order valence-corrected chi connectivity index (χ4v) is 3.39. The Hall–Kier alpha value is -1.39. The summed E-state index contributed by atoms with van der Waals surface area (Å²) in [6, 6.07) is 8.59. The summed E-state index contributed by atoms with van der Waals surface area (Å²) in [7, 11) is 0. The Kier molecular flexibility index (Phi) is 4.56. The molecular formula is C17H21N3S. The molecule has 1 aliphatic heterocycles. The summed E-state index contributed by atoms with van der Waals surface area (Å²) in [5.74, 6) is 1.96. The van der Waals surface area contributed by atoms with Crippen LogP contribution in [0.3, 0.4) is 0 Å². The monoisotopic (exact) mass is 299 g/mol. The van der Waals surface area contributed by atoms with Gasteiger partial charge in [-0.25, -0.2) is 9.97 Å². The second-order valence-electron chi connectivity index (χ2n) is 5.16. The van der Waals surface area contributed by atoms with E-state index in [-0.39, 0.29) is 0 Å². The Morgan fingerprint density at radius 3 is 2.67 bits per heavy atom. The third-order valence-electron chi connectivity index (χ3n) is 3.78. The van der Waals surface area contributed by atoms with Gasteiger partial charge >= 0.3 is 0 Å². The van der Waals surface area contributed by atoms with Gasteiger partial charge in [-0.1, -0.05) is 26.0 Å². The predicted molar refractivity (Wildman–Crippen MR) is 88.7 cm³/mol. The van der Waals surface area contributed by atoms with E-state index in [4.69, 9.17) is 9.97 Å². The van der Waals surface area contributed by atoms with E-state index in [1.54, 1.807) is 0 Å². The van der Waals surface area contributed by atoms with Gasteiger partial charge in [0.2, 0.25) is 0 Å². The molecule has 1 aromatic heterocycles. The number of nitrogens with zero attached hydrogens (tertiary/aromatic N) is 2. The van der Waals surface area contributed by atoms with Crippen molar-refractivity contribution in [3.63, 3.8) is 0 Å². The molecule has 0 aliphatic carbocycles. The van der Waals surface area contributed by atoms with Crippen molar-refractivity contribution in [1.29, 1.82) is 0 Å². The Bertz CT molecular complexity index is 605. The molecule has 0 bridgehead atoms. The smallest absolute Gasteiger partial charge is 0.159 e. The van der Waals surface area contributed by atoms with Crippen LogP contribution in [0.1, 0.15) is 30.8 Å². The average molecular weight is 299 g/mol. The van der Waals surface area contributed by atoms with E-state index < -0.39 is 0 Å². The molecule has 2 heterocycles. The van der Waals surface area contributed by atoms with Crippen molar-refractivity contribution < 1.29 is 0 Å². The van der Waals surface area contributed by atoms with Gasteiger partial charge < -0.3 is 5.32 Å². The SMILES string of the molecule is CCSc1ccc(-c2nc(CC)c3c(n2)CNCC3)cc1. The molecule has 0 saturated heterocycles. The van der Waals surface area contributed by atoms with Crippen LogP contribution in [0, 0.1) is 0 Å². The van der Waals surface area contributed by atoms with Crippen molar-refractivity contribution in [3.8, 4) is 11.4 Å². The molecule has 21 heavy (non-hydrogen) atoms. The molecule has 0 fully saturated rings. The molecule has 4 heteroatoms. The second kappa shape index (κ2) is 6.58. The maximum absolute atomic E-state index is 4.80. The van der Waals surface area contributed by atoms with E-state index in [1.807, 2.05) is 11.8 Å². The summed E-state index contributed by atoms with van der Waals surface area (Å²) in [6.07, 6.45) is 2.02. The first-order chi connectivity index (χ1) is 10.3. The molecule has 0 atom stereocenters. The highest BCUT2D eigenvalue weighted by Crippen LogP contribution is 2.24. The lowest BCUT2D eigenvalue weighted by Gasteiger charge is -2.19. The van der Waals surface area contributed by atoms with E-state index in [0.717, 1.165) is 43.1 Å². The van der Waals surface area contributed by atoms with E-state index in [1.165, 1.54) is 21.8 Å². The van der Waals surface area contributed by atoms with Gasteiger partial charge in [0.25, 0.3) is 0 Å². The first-order valence-electron chi connectivity index (χ1n) is 7.64. The van der Waals surface area contributed by atoms with Gasteiger partial charge in [0.05, 0.1) is 5.69 Å². The van der Waals surface area contributed by atoms with E-state index in [9.17, 15) is 0 Å². The van der Waals surface area contributed by atoms with Crippen molar-refractivity contribution in [2.45, 2.75) is 38.1 Å². The summed E-state index contributed by atoms with van der Waals surface area (Å²) in [4.78, 5) is 10.9. The molecule has 3 rings (SSSR count). The number of aromatic nitrogens is 2. The second-order valence-corrected chi connectivity index (χ2v) is 6.49. The maximum atomic E-state index is 4.80. The third kappa shape index (κ3) is 3.11.